The van der Waals surface area contributed by atoms with Gasteiger partial charge in [0.15, 0.2) is 0 Å². The first kappa shape index (κ1) is 16.7. The largest absolute Gasteiger partial charge is 0.411 e. The van der Waals surface area contributed by atoms with Gasteiger partial charge in [0.25, 0.3) is 0 Å². The average molecular weight is 452 g/mol. The van der Waals surface area contributed by atoms with E-state index in [9.17, 15) is 18.0 Å². The Morgan fingerprint density at radius 3 is 2.68 bits per heavy atom. The number of alkyl halides is 3. The van der Waals surface area contributed by atoms with Crippen molar-refractivity contribution in [1.29, 1.82) is 0 Å². The van der Waals surface area contributed by atoms with E-state index in [1.54, 1.807) is 18.2 Å². The fraction of sp³-hybridized carbons (Fsp3) is 0.364. The summed E-state index contributed by atoms with van der Waals surface area (Å²) in [5, 5.41) is 2.57. The van der Waals surface area contributed by atoms with Gasteiger partial charge in [-0.2, -0.15) is 13.2 Å². The molecule has 0 radical (unpaired) electrons. The Bertz CT molecular complexity index is 454. The second-order valence-electron chi connectivity index (χ2n) is 3.59. The minimum Gasteiger partial charge on any atom is -0.372 e. The van der Waals surface area contributed by atoms with Gasteiger partial charge in [-0.15, -0.1) is 0 Å². The number of hydrogen-bond donors (Lipinski definition) is 1. The molecule has 0 atom stereocenters. The summed E-state index contributed by atoms with van der Waals surface area (Å²) in [6.07, 6.45) is -4.49. The van der Waals surface area contributed by atoms with Crippen molar-refractivity contribution in [2.24, 2.45) is 0 Å². The Balaban J connectivity index is 2.33. The summed E-state index contributed by atoms with van der Waals surface area (Å²) in [4.78, 5) is 11.4. The summed E-state index contributed by atoms with van der Waals surface area (Å²) >= 11 is 5.44. The molecule has 0 spiro atoms. The molecule has 0 saturated heterocycles. The average Bonchev–Trinajstić information content (AvgIpc) is 2.28. The van der Waals surface area contributed by atoms with Crippen LogP contribution in [0.4, 0.5) is 18.9 Å². The van der Waals surface area contributed by atoms with Crippen LogP contribution in [0.1, 0.15) is 6.42 Å². The molecule has 1 aromatic rings. The normalized spacial score (nSPS) is 11.4. The van der Waals surface area contributed by atoms with Crippen LogP contribution in [0.25, 0.3) is 0 Å². The number of halogens is 5. The van der Waals surface area contributed by atoms with Crippen molar-refractivity contribution in [3.8, 4) is 0 Å². The predicted molar refractivity (Wildman–Crippen MR) is 77.0 cm³/mol. The number of amides is 1. The number of benzene rings is 1. The van der Waals surface area contributed by atoms with Crippen LogP contribution in [-0.4, -0.2) is 25.3 Å². The topological polar surface area (TPSA) is 38.3 Å². The summed E-state index contributed by atoms with van der Waals surface area (Å²) in [6.45, 7) is -1.60. The van der Waals surface area contributed by atoms with Crippen molar-refractivity contribution in [2.75, 3.05) is 18.5 Å². The third-order valence-electron chi connectivity index (χ3n) is 1.94. The number of carbonyl (C=O) groups is 1. The Kier molecular flexibility index (Phi) is 6.54. The molecule has 1 rings (SSSR count). The van der Waals surface area contributed by atoms with Crippen molar-refractivity contribution < 1.29 is 22.7 Å². The molecular formula is C11H10BrF3INO2. The number of ether oxygens (including phenoxy) is 1. The maximum Gasteiger partial charge on any atom is 0.411 e. The summed E-state index contributed by atoms with van der Waals surface area (Å²) in [5.41, 5.74) is 0.577. The van der Waals surface area contributed by atoms with E-state index in [1.165, 1.54) is 0 Å². The van der Waals surface area contributed by atoms with Crippen molar-refractivity contribution in [3.63, 3.8) is 0 Å². The van der Waals surface area contributed by atoms with Crippen LogP contribution in [0.3, 0.4) is 0 Å². The van der Waals surface area contributed by atoms with E-state index >= 15 is 0 Å². The van der Waals surface area contributed by atoms with Crippen LogP contribution in [0.15, 0.2) is 22.7 Å². The molecule has 0 fully saturated rings. The SMILES string of the molecule is O=C(CCOCC(F)(F)F)Nc1ccc(I)c(Br)c1. The van der Waals surface area contributed by atoms with E-state index in [2.05, 4.69) is 48.6 Å². The Morgan fingerprint density at radius 2 is 2.11 bits per heavy atom. The molecule has 106 valence electrons. The van der Waals surface area contributed by atoms with Crippen molar-refractivity contribution in [2.45, 2.75) is 12.6 Å². The number of nitrogens with one attached hydrogen (secondary N) is 1. The highest BCUT2D eigenvalue weighted by Gasteiger charge is 2.27. The predicted octanol–water partition coefficient (Wildman–Crippen LogP) is 3.96. The lowest BCUT2D eigenvalue weighted by Gasteiger charge is -2.08. The van der Waals surface area contributed by atoms with Gasteiger partial charge in [0.05, 0.1) is 13.0 Å². The lowest BCUT2D eigenvalue weighted by atomic mass is 10.3. The van der Waals surface area contributed by atoms with Gasteiger partial charge in [-0.25, -0.2) is 0 Å². The van der Waals surface area contributed by atoms with Crippen LogP contribution in [0.2, 0.25) is 0 Å². The highest BCUT2D eigenvalue weighted by molar-refractivity contribution is 14.1. The lowest BCUT2D eigenvalue weighted by Crippen LogP contribution is -2.20. The molecule has 3 nitrogen and oxygen atoms in total. The molecule has 0 aliphatic heterocycles. The van der Waals surface area contributed by atoms with Gasteiger partial charge in [-0.3, -0.25) is 4.79 Å². The highest BCUT2D eigenvalue weighted by atomic mass is 127. The minimum absolute atomic E-state index is 0.125. The van der Waals surface area contributed by atoms with Crippen LogP contribution >= 0.6 is 38.5 Å². The molecular weight excluding hydrogens is 442 g/mol. The molecule has 19 heavy (non-hydrogen) atoms. The van der Waals surface area contributed by atoms with Crippen LogP contribution < -0.4 is 5.32 Å². The quantitative estimate of drug-likeness (QED) is 0.543. The second-order valence-corrected chi connectivity index (χ2v) is 5.61. The van der Waals surface area contributed by atoms with Crippen LogP contribution in [0, 0.1) is 3.57 Å². The molecule has 0 aliphatic rings. The Hall–Kier alpha value is -0.350. The summed E-state index contributed by atoms with van der Waals surface area (Å²) in [5.74, 6) is -0.393. The first-order chi connectivity index (χ1) is 8.78. The van der Waals surface area contributed by atoms with Gasteiger partial charge in [-0.1, -0.05) is 0 Å². The molecule has 0 bridgehead atoms. The smallest absolute Gasteiger partial charge is 0.372 e. The zero-order valence-electron chi connectivity index (χ0n) is 9.56. The Labute approximate surface area is 130 Å². The fourth-order valence-electron chi connectivity index (χ4n) is 1.15. The standard InChI is InChI=1S/C11H10BrF3INO2/c12-8-5-7(1-2-9(8)16)17-10(18)3-4-19-6-11(13,14)15/h1-2,5H,3-4,6H2,(H,17,18). The van der Waals surface area contributed by atoms with Gasteiger partial charge in [0, 0.05) is 13.7 Å². The number of rotatable bonds is 5. The van der Waals surface area contributed by atoms with E-state index in [4.69, 9.17) is 0 Å². The third kappa shape index (κ3) is 7.11. The Morgan fingerprint density at radius 1 is 1.42 bits per heavy atom. The number of anilines is 1. The molecule has 1 amide bonds. The van der Waals surface area contributed by atoms with Gasteiger partial charge in [-0.05, 0) is 56.7 Å². The number of carbonyl (C=O) groups excluding carboxylic acids is 1. The van der Waals surface area contributed by atoms with E-state index in [1.807, 2.05) is 0 Å². The summed E-state index contributed by atoms with van der Waals surface area (Å²) < 4.78 is 41.5. The van der Waals surface area contributed by atoms with Crippen molar-refractivity contribution >= 4 is 50.1 Å². The zero-order chi connectivity index (χ0) is 14.5. The van der Waals surface area contributed by atoms with Crippen molar-refractivity contribution in [1.82, 2.24) is 0 Å². The van der Waals surface area contributed by atoms with E-state index < -0.39 is 18.7 Å². The monoisotopic (exact) mass is 451 g/mol. The van der Waals surface area contributed by atoms with E-state index in [0.29, 0.717) is 5.69 Å². The molecule has 0 heterocycles. The third-order valence-corrected chi connectivity index (χ3v) is 4.28. The fourth-order valence-corrected chi connectivity index (χ4v) is 1.86. The molecule has 8 heteroatoms. The molecule has 0 aromatic heterocycles. The molecule has 0 saturated carbocycles. The van der Waals surface area contributed by atoms with E-state index in [-0.39, 0.29) is 13.0 Å². The van der Waals surface area contributed by atoms with Crippen LogP contribution in [0.5, 0.6) is 0 Å². The first-order valence-corrected chi connectivity index (χ1v) is 7.04. The van der Waals surface area contributed by atoms with Gasteiger partial charge < -0.3 is 10.1 Å². The molecule has 0 aliphatic carbocycles. The zero-order valence-corrected chi connectivity index (χ0v) is 13.3. The van der Waals surface area contributed by atoms with E-state index in [0.717, 1.165) is 8.04 Å². The van der Waals surface area contributed by atoms with Crippen molar-refractivity contribution in [3.05, 3.63) is 26.2 Å². The van der Waals surface area contributed by atoms with Crippen LogP contribution in [-0.2, 0) is 9.53 Å². The van der Waals surface area contributed by atoms with Gasteiger partial charge >= 0.3 is 6.18 Å². The number of hydrogen-bond acceptors (Lipinski definition) is 2. The minimum atomic E-state index is -4.36. The maximum atomic E-state index is 11.8. The van der Waals surface area contributed by atoms with Gasteiger partial charge in [0.1, 0.15) is 6.61 Å². The molecule has 1 N–H and O–H groups in total. The maximum absolute atomic E-state index is 11.8. The summed E-state index contributed by atoms with van der Waals surface area (Å²) in [6, 6.07) is 5.23. The van der Waals surface area contributed by atoms with Gasteiger partial charge in [0.2, 0.25) is 5.91 Å². The molecule has 1 aromatic carbocycles. The summed E-state index contributed by atoms with van der Waals surface area (Å²) in [7, 11) is 0. The first-order valence-electron chi connectivity index (χ1n) is 5.17. The lowest BCUT2D eigenvalue weighted by molar-refractivity contribution is -0.174. The molecule has 0 unspecified atom stereocenters. The highest BCUT2D eigenvalue weighted by Crippen LogP contribution is 2.23. The second kappa shape index (κ2) is 7.44.